The Morgan fingerprint density at radius 3 is 2.32 bits per heavy atom. The molecule has 3 rings (SSSR count). The van der Waals surface area contributed by atoms with E-state index >= 15 is 0 Å². The SMILES string of the molecule is O=C(C[NH+]1CCN(C(=O)c2ccccc2)CC1)Nc1ccccc1F. The molecule has 0 bridgehead atoms. The van der Waals surface area contributed by atoms with Gasteiger partial charge in [0.1, 0.15) is 5.82 Å². The summed E-state index contributed by atoms with van der Waals surface area (Å²) in [6, 6.07) is 15.3. The lowest BCUT2D eigenvalue weighted by molar-refractivity contribution is -0.895. The first-order chi connectivity index (χ1) is 12.1. The average molecular weight is 342 g/mol. The molecule has 0 radical (unpaired) electrons. The molecule has 1 aliphatic heterocycles. The lowest BCUT2D eigenvalue weighted by Crippen LogP contribution is -3.15. The van der Waals surface area contributed by atoms with Crippen LogP contribution in [0, 0.1) is 5.82 Å². The third kappa shape index (κ3) is 4.42. The van der Waals surface area contributed by atoms with Crippen molar-refractivity contribution in [1.82, 2.24) is 4.90 Å². The van der Waals surface area contributed by atoms with E-state index in [1.807, 2.05) is 35.2 Å². The summed E-state index contributed by atoms with van der Waals surface area (Å²) in [5.41, 5.74) is 0.882. The summed E-state index contributed by atoms with van der Waals surface area (Å²) in [7, 11) is 0. The van der Waals surface area contributed by atoms with Gasteiger partial charge in [0, 0.05) is 5.56 Å². The maximum Gasteiger partial charge on any atom is 0.279 e. The summed E-state index contributed by atoms with van der Waals surface area (Å²) >= 11 is 0. The van der Waals surface area contributed by atoms with Gasteiger partial charge in [0.25, 0.3) is 11.8 Å². The van der Waals surface area contributed by atoms with Gasteiger partial charge in [0.15, 0.2) is 6.54 Å². The number of carbonyl (C=O) groups is 2. The predicted octanol–water partition coefficient (Wildman–Crippen LogP) is 0.805. The fourth-order valence-electron chi connectivity index (χ4n) is 2.95. The van der Waals surface area contributed by atoms with Crippen molar-refractivity contribution in [3.05, 3.63) is 66.0 Å². The topological polar surface area (TPSA) is 53.9 Å². The molecule has 0 aromatic heterocycles. The lowest BCUT2D eigenvalue weighted by Gasteiger charge is -2.32. The number of para-hydroxylation sites is 1. The molecule has 2 aromatic rings. The van der Waals surface area contributed by atoms with Crippen LogP contribution in [0.3, 0.4) is 0 Å². The normalized spacial score (nSPS) is 15.0. The highest BCUT2D eigenvalue weighted by Gasteiger charge is 2.25. The molecule has 1 aliphatic rings. The summed E-state index contributed by atoms with van der Waals surface area (Å²) in [5, 5.41) is 2.60. The molecule has 1 heterocycles. The molecule has 0 spiro atoms. The summed E-state index contributed by atoms with van der Waals surface area (Å²) in [4.78, 5) is 27.4. The smallest absolute Gasteiger partial charge is 0.279 e. The van der Waals surface area contributed by atoms with Crippen LogP contribution in [-0.2, 0) is 4.79 Å². The molecule has 25 heavy (non-hydrogen) atoms. The van der Waals surface area contributed by atoms with Crippen molar-refractivity contribution in [2.45, 2.75) is 0 Å². The van der Waals surface area contributed by atoms with Crippen LogP contribution in [0.25, 0.3) is 0 Å². The van der Waals surface area contributed by atoms with Crippen molar-refractivity contribution in [1.29, 1.82) is 0 Å². The number of nitrogens with one attached hydrogen (secondary N) is 2. The number of hydrogen-bond donors (Lipinski definition) is 2. The molecule has 130 valence electrons. The number of nitrogens with zero attached hydrogens (tertiary/aromatic N) is 1. The van der Waals surface area contributed by atoms with E-state index in [1.165, 1.54) is 6.07 Å². The Morgan fingerprint density at radius 1 is 1.00 bits per heavy atom. The maximum absolute atomic E-state index is 13.6. The van der Waals surface area contributed by atoms with Crippen LogP contribution in [0.5, 0.6) is 0 Å². The first-order valence-corrected chi connectivity index (χ1v) is 8.36. The number of carbonyl (C=O) groups excluding carboxylic acids is 2. The number of anilines is 1. The van der Waals surface area contributed by atoms with Gasteiger partial charge in [-0.2, -0.15) is 0 Å². The minimum Gasteiger partial charge on any atom is -0.327 e. The van der Waals surface area contributed by atoms with Crippen molar-refractivity contribution in [3.63, 3.8) is 0 Å². The maximum atomic E-state index is 13.6. The zero-order valence-electron chi connectivity index (χ0n) is 13.9. The number of quaternary nitrogens is 1. The van der Waals surface area contributed by atoms with Crippen LogP contribution < -0.4 is 10.2 Å². The van der Waals surface area contributed by atoms with E-state index in [1.54, 1.807) is 18.2 Å². The van der Waals surface area contributed by atoms with E-state index in [2.05, 4.69) is 5.32 Å². The van der Waals surface area contributed by atoms with Crippen LogP contribution in [0.1, 0.15) is 10.4 Å². The number of halogens is 1. The molecular formula is C19H21FN3O2+. The molecule has 2 aromatic carbocycles. The fourth-order valence-corrected chi connectivity index (χ4v) is 2.95. The van der Waals surface area contributed by atoms with Crippen LogP contribution in [0.4, 0.5) is 10.1 Å². The van der Waals surface area contributed by atoms with Gasteiger partial charge in [0.2, 0.25) is 0 Å². The van der Waals surface area contributed by atoms with E-state index in [9.17, 15) is 14.0 Å². The average Bonchev–Trinajstić information content (AvgIpc) is 2.64. The van der Waals surface area contributed by atoms with Gasteiger partial charge in [0.05, 0.1) is 31.9 Å². The van der Waals surface area contributed by atoms with E-state index in [0.717, 1.165) is 4.90 Å². The highest BCUT2D eigenvalue weighted by atomic mass is 19.1. The van der Waals surface area contributed by atoms with E-state index < -0.39 is 5.82 Å². The Morgan fingerprint density at radius 2 is 1.64 bits per heavy atom. The van der Waals surface area contributed by atoms with Gasteiger partial charge < -0.3 is 15.1 Å². The Bertz CT molecular complexity index is 743. The molecule has 2 amide bonds. The second kappa shape index (κ2) is 7.90. The first-order valence-electron chi connectivity index (χ1n) is 8.36. The van der Waals surface area contributed by atoms with Crippen molar-refractivity contribution >= 4 is 17.5 Å². The molecule has 1 fully saturated rings. The lowest BCUT2D eigenvalue weighted by atomic mass is 10.2. The monoisotopic (exact) mass is 342 g/mol. The fraction of sp³-hybridized carbons (Fsp3) is 0.263. The molecule has 0 atom stereocenters. The van der Waals surface area contributed by atoms with Gasteiger partial charge in [-0.05, 0) is 24.3 Å². The molecule has 0 unspecified atom stereocenters. The summed E-state index contributed by atoms with van der Waals surface area (Å²) < 4.78 is 13.6. The van der Waals surface area contributed by atoms with Gasteiger partial charge in [-0.15, -0.1) is 0 Å². The van der Waals surface area contributed by atoms with Gasteiger partial charge in [-0.1, -0.05) is 30.3 Å². The number of rotatable bonds is 4. The van der Waals surface area contributed by atoms with Crippen molar-refractivity contribution < 1.29 is 18.9 Å². The molecule has 1 saturated heterocycles. The van der Waals surface area contributed by atoms with Crippen LogP contribution >= 0.6 is 0 Å². The molecule has 2 N–H and O–H groups in total. The Balaban J connectivity index is 1.48. The van der Waals surface area contributed by atoms with Crippen molar-refractivity contribution in [2.75, 3.05) is 38.0 Å². The van der Waals surface area contributed by atoms with E-state index in [-0.39, 0.29) is 24.0 Å². The van der Waals surface area contributed by atoms with Gasteiger partial charge >= 0.3 is 0 Å². The summed E-state index contributed by atoms with van der Waals surface area (Å²) in [5.74, 6) is -0.637. The Kier molecular flexibility index (Phi) is 5.40. The summed E-state index contributed by atoms with van der Waals surface area (Å²) in [6.45, 7) is 2.88. The summed E-state index contributed by atoms with van der Waals surface area (Å²) in [6.07, 6.45) is 0. The van der Waals surface area contributed by atoms with Crippen molar-refractivity contribution in [2.24, 2.45) is 0 Å². The minimum atomic E-state index is -0.441. The second-order valence-electron chi connectivity index (χ2n) is 6.11. The second-order valence-corrected chi connectivity index (χ2v) is 6.11. The molecule has 5 nitrogen and oxygen atoms in total. The van der Waals surface area contributed by atoms with Crippen LogP contribution in [0.2, 0.25) is 0 Å². The number of benzene rings is 2. The first kappa shape index (κ1) is 17.1. The van der Waals surface area contributed by atoms with E-state index in [4.69, 9.17) is 0 Å². The zero-order valence-corrected chi connectivity index (χ0v) is 13.9. The number of amides is 2. The van der Waals surface area contributed by atoms with Crippen molar-refractivity contribution in [3.8, 4) is 0 Å². The van der Waals surface area contributed by atoms with Gasteiger partial charge in [-0.25, -0.2) is 4.39 Å². The molecule has 0 aliphatic carbocycles. The number of piperazine rings is 1. The third-order valence-corrected chi connectivity index (χ3v) is 4.34. The third-order valence-electron chi connectivity index (χ3n) is 4.34. The van der Waals surface area contributed by atoms with Crippen LogP contribution in [0.15, 0.2) is 54.6 Å². The van der Waals surface area contributed by atoms with Gasteiger partial charge in [-0.3, -0.25) is 9.59 Å². The Hall–Kier alpha value is -2.73. The molecule has 0 saturated carbocycles. The molecule has 6 heteroatoms. The highest BCUT2D eigenvalue weighted by molar-refractivity contribution is 5.94. The number of hydrogen-bond acceptors (Lipinski definition) is 2. The standard InChI is InChI=1S/C19H20FN3O2/c20-16-8-4-5-9-17(16)21-18(24)14-22-10-12-23(13-11-22)19(25)15-6-2-1-3-7-15/h1-9H,10-14H2,(H,21,24)/p+1. The van der Waals surface area contributed by atoms with E-state index in [0.29, 0.717) is 31.7 Å². The zero-order chi connectivity index (χ0) is 17.6. The Labute approximate surface area is 146 Å². The predicted molar refractivity (Wildman–Crippen MR) is 92.9 cm³/mol. The van der Waals surface area contributed by atoms with Crippen LogP contribution in [-0.4, -0.2) is 49.4 Å². The largest absolute Gasteiger partial charge is 0.327 e. The minimum absolute atomic E-state index is 0.0236. The molecular weight excluding hydrogens is 321 g/mol. The quantitative estimate of drug-likeness (QED) is 0.864. The highest BCUT2D eigenvalue weighted by Crippen LogP contribution is 2.11.